The van der Waals surface area contributed by atoms with Crippen LogP contribution in [0.25, 0.3) is 0 Å². The summed E-state index contributed by atoms with van der Waals surface area (Å²) in [6, 6.07) is 10.6. The molecule has 1 aromatic carbocycles. The predicted octanol–water partition coefficient (Wildman–Crippen LogP) is 2.32. The summed E-state index contributed by atoms with van der Waals surface area (Å²) in [7, 11) is 2.11. The molecule has 0 bridgehead atoms. The van der Waals surface area contributed by atoms with E-state index in [1.165, 1.54) is 5.56 Å². The third-order valence-electron chi connectivity index (χ3n) is 5.11. The fraction of sp³-hybridized carbons (Fsp3) is 0.550. The second-order valence-corrected chi connectivity index (χ2v) is 7.53. The summed E-state index contributed by atoms with van der Waals surface area (Å²) >= 11 is 0. The number of amides is 1. The van der Waals surface area contributed by atoms with Crippen molar-refractivity contribution in [2.45, 2.75) is 39.3 Å². The fourth-order valence-electron chi connectivity index (χ4n) is 3.52. The summed E-state index contributed by atoms with van der Waals surface area (Å²) in [5, 5.41) is 8.29. The van der Waals surface area contributed by atoms with Gasteiger partial charge >= 0.3 is 0 Å². The molecule has 0 saturated carbocycles. The van der Waals surface area contributed by atoms with E-state index >= 15 is 0 Å². The van der Waals surface area contributed by atoms with Gasteiger partial charge in [0.05, 0.1) is 6.20 Å². The minimum Gasteiger partial charge on any atom is -0.331 e. The van der Waals surface area contributed by atoms with E-state index in [1.807, 2.05) is 11.0 Å². The van der Waals surface area contributed by atoms with Gasteiger partial charge in [0.25, 0.3) is 5.91 Å². The van der Waals surface area contributed by atoms with Crippen molar-refractivity contribution < 1.29 is 4.79 Å². The average molecular weight is 355 g/mol. The van der Waals surface area contributed by atoms with Crippen LogP contribution in [-0.2, 0) is 13.0 Å². The standard InChI is InChI=1S/C20H29N5O/c1-16(2)19-15-23(3)12-13-25(19)20(26)18-14-24(22-21-18)11-7-10-17-8-5-4-6-9-17/h4-6,8-9,14,16,19H,7,10-13,15H2,1-3H3/t19-/m0/s1. The van der Waals surface area contributed by atoms with Gasteiger partial charge < -0.3 is 9.80 Å². The molecule has 0 aliphatic carbocycles. The Kier molecular flexibility index (Phi) is 6.04. The molecular weight excluding hydrogens is 326 g/mol. The second-order valence-electron chi connectivity index (χ2n) is 7.53. The van der Waals surface area contributed by atoms with Gasteiger partial charge in [-0.15, -0.1) is 5.10 Å². The van der Waals surface area contributed by atoms with E-state index in [4.69, 9.17) is 0 Å². The minimum atomic E-state index is 0.00566. The lowest BCUT2D eigenvalue weighted by Gasteiger charge is -2.41. The van der Waals surface area contributed by atoms with E-state index in [-0.39, 0.29) is 11.9 Å². The number of hydrogen-bond acceptors (Lipinski definition) is 4. The first kappa shape index (κ1) is 18.6. The molecule has 0 spiro atoms. The summed E-state index contributed by atoms with van der Waals surface area (Å²) < 4.78 is 1.79. The molecule has 1 aliphatic heterocycles. The molecule has 1 aromatic heterocycles. The first-order valence-corrected chi connectivity index (χ1v) is 9.48. The number of benzene rings is 1. The van der Waals surface area contributed by atoms with Crippen molar-refractivity contribution in [1.82, 2.24) is 24.8 Å². The molecule has 1 fully saturated rings. The maximum atomic E-state index is 12.9. The highest BCUT2D eigenvalue weighted by molar-refractivity contribution is 5.92. The molecule has 2 heterocycles. The summed E-state index contributed by atoms with van der Waals surface area (Å²) in [5.74, 6) is 0.425. The van der Waals surface area contributed by atoms with Crippen LogP contribution in [-0.4, -0.2) is 63.4 Å². The van der Waals surface area contributed by atoms with Crippen LogP contribution in [0.5, 0.6) is 0 Å². The maximum absolute atomic E-state index is 12.9. The van der Waals surface area contributed by atoms with Crippen molar-refractivity contribution in [3.63, 3.8) is 0 Å². The fourth-order valence-corrected chi connectivity index (χ4v) is 3.52. The third-order valence-corrected chi connectivity index (χ3v) is 5.11. The minimum absolute atomic E-state index is 0.00566. The number of nitrogens with zero attached hydrogens (tertiary/aromatic N) is 5. The van der Waals surface area contributed by atoms with E-state index in [0.29, 0.717) is 11.6 Å². The number of aromatic nitrogens is 3. The Morgan fingerprint density at radius 2 is 2.00 bits per heavy atom. The van der Waals surface area contributed by atoms with Crippen molar-refractivity contribution in [2.24, 2.45) is 5.92 Å². The Labute approximate surface area is 155 Å². The molecule has 140 valence electrons. The van der Waals surface area contributed by atoms with E-state index in [2.05, 4.69) is 60.4 Å². The number of hydrogen-bond donors (Lipinski definition) is 0. The number of carbonyl (C=O) groups is 1. The molecule has 0 radical (unpaired) electrons. The predicted molar refractivity (Wildman–Crippen MR) is 102 cm³/mol. The molecule has 6 heteroatoms. The molecule has 26 heavy (non-hydrogen) atoms. The van der Waals surface area contributed by atoms with Crippen molar-refractivity contribution in [3.05, 3.63) is 47.8 Å². The highest BCUT2D eigenvalue weighted by Gasteiger charge is 2.32. The molecule has 1 aliphatic rings. The Balaban J connectivity index is 1.58. The monoisotopic (exact) mass is 355 g/mol. The Hall–Kier alpha value is -2.21. The van der Waals surface area contributed by atoms with Crippen molar-refractivity contribution >= 4 is 5.91 Å². The Bertz CT molecular complexity index is 712. The van der Waals surface area contributed by atoms with Crippen LogP contribution in [0.3, 0.4) is 0 Å². The average Bonchev–Trinajstić information content (AvgIpc) is 3.11. The second kappa shape index (κ2) is 8.45. The van der Waals surface area contributed by atoms with Gasteiger partial charge in [0.15, 0.2) is 5.69 Å². The lowest BCUT2D eigenvalue weighted by atomic mass is 9.99. The first-order chi connectivity index (χ1) is 12.5. The van der Waals surface area contributed by atoms with Crippen LogP contribution in [0.4, 0.5) is 0 Å². The van der Waals surface area contributed by atoms with Crippen LogP contribution in [0.2, 0.25) is 0 Å². The SMILES string of the molecule is CC(C)[C@@H]1CN(C)CCN1C(=O)c1cn(CCCc2ccccc2)nn1. The highest BCUT2D eigenvalue weighted by atomic mass is 16.2. The molecule has 0 N–H and O–H groups in total. The molecule has 1 amide bonds. The largest absolute Gasteiger partial charge is 0.331 e. The van der Waals surface area contributed by atoms with Crippen LogP contribution < -0.4 is 0 Å². The molecule has 1 saturated heterocycles. The van der Waals surface area contributed by atoms with Crippen LogP contribution in [0.1, 0.15) is 36.3 Å². The van der Waals surface area contributed by atoms with Gasteiger partial charge in [-0.1, -0.05) is 49.4 Å². The lowest BCUT2D eigenvalue weighted by Crippen LogP contribution is -2.56. The van der Waals surface area contributed by atoms with Crippen molar-refractivity contribution in [2.75, 3.05) is 26.7 Å². The van der Waals surface area contributed by atoms with Gasteiger partial charge in [0.2, 0.25) is 0 Å². The van der Waals surface area contributed by atoms with Crippen molar-refractivity contribution in [1.29, 1.82) is 0 Å². The van der Waals surface area contributed by atoms with E-state index < -0.39 is 0 Å². The number of aryl methyl sites for hydroxylation is 2. The zero-order valence-electron chi connectivity index (χ0n) is 16.0. The zero-order chi connectivity index (χ0) is 18.5. The Morgan fingerprint density at radius 3 is 2.73 bits per heavy atom. The van der Waals surface area contributed by atoms with Gasteiger partial charge in [-0.25, -0.2) is 0 Å². The molecule has 2 aromatic rings. The zero-order valence-corrected chi connectivity index (χ0v) is 16.0. The van der Waals surface area contributed by atoms with E-state index in [0.717, 1.165) is 39.0 Å². The van der Waals surface area contributed by atoms with Gasteiger partial charge in [-0.2, -0.15) is 0 Å². The van der Waals surface area contributed by atoms with Gasteiger partial charge in [-0.3, -0.25) is 9.48 Å². The Morgan fingerprint density at radius 1 is 1.23 bits per heavy atom. The molecule has 1 atom stereocenters. The van der Waals surface area contributed by atoms with Gasteiger partial charge in [-0.05, 0) is 31.4 Å². The van der Waals surface area contributed by atoms with Crippen LogP contribution in [0, 0.1) is 5.92 Å². The summed E-state index contributed by atoms with van der Waals surface area (Å²) in [6.07, 6.45) is 3.77. The topological polar surface area (TPSA) is 54.3 Å². The lowest BCUT2D eigenvalue weighted by molar-refractivity contribution is 0.0397. The molecule has 0 unspecified atom stereocenters. The number of carbonyl (C=O) groups excluding carboxylic acids is 1. The number of piperazine rings is 1. The molecule has 6 nitrogen and oxygen atoms in total. The van der Waals surface area contributed by atoms with E-state index in [9.17, 15) is 4.79 Å². The smallest absolute Gasteiger partial charge is 0.276 e. The quantitative estimate of drug-likeness (QED) is 0.798. The number of likely N-dealkylation sites (N-methyl/N-ethyl adjacent to an activating group) is 1. The number of rotatable bonds is 6. The summed E-state index contributed by atoms with van der Waals surface area (Å²) in [4.78, 5) is 17.2. The molecular formula is C20H29N5O. The normalized spacial score (nSPS) is 18.5. The van der Waals surface area contributed by atoms with E-state index in [1.54, 1.807) is 10.9 Å². The van der Waals surface area contributed by atoms with Crippen LogP contribution in [0.15, 0.2) is 36.5 Å². The first-order valence-electron chi connectivity index (χ1n) is 9.48. The van der Waals surface area contributed by atoms with Crippen molar-refractivity contribution in [3.8, 4) is 0 Å². The van der Waals surface area contributed by atoms with Gasteiger partial charge in [0.1, 0.15) is 0 Å². The molecule has 3 rings (SSSR count). The van der Waals surface area contributed by atoms with Crippen LogP contribution >= 0.6 is 0 Å². The summed E-state index contributed by atoms with van der Waals surface area (Å²) in [6.45, 7) is 7.68. The third kappa shape index (κ3) is 4.49. The maximum Gasteiger partial charge on any atom is 0.276 e. The highest BCUT2D eigenvalue weighted by Crippen LogP contribution is 2.18. The van der Waals surface area contributed by atoms with Gasteiger partial charge in [0, 0.05) is 32.2 Å². The summed E-state index contributed by atoms with van der Waals surface area (Å²) in [5.41, 5.74) is 1.78.